The highest BCUT2D eigenvalue weighted by atomic mass is 16.5. The summed E-state index contributed by atoms with van der Waals surface area (Å²) in [4.78, 5) is 9.73. The van der Waals surface area contributed by atoms with Crippen molar-refractivity contribution in [1.82, 2.24) is 0 Å². The molecule has 4 aliphatic heterocycles. The van der Waals surface area contributed by atoms with Gasteiger partial charge in [0.2, 0.25) is 0 Å². The Morgan fingerprint density at radius 1 is 0.266 bits per heavy atom. The number of anilines is 4. The Hall–Kier alpha value is -6.16. The van der Waals surface area contributed by atoms with Gasteiger partial charge in [0, 0.05) is 75.1 Å². The van der Waals surface area contributed by atoms with Crippen molar-refractivity contribution in [3.8, 4) is 0 Å². The summed E-state index contributed by atoms with van der Waals surface area (Å²) < 4.78 is 22.8. The van der Waals surface area contributed by atoms with Crippen molar-refractivity contribution >= 4 is 44.3 Å². The van der Waals surface area contributed by atoms with Gasteiger partial charge in [-0.05, 0) is 121 Å². The van der Waals surface area contributed by atoms with Crippen LogP contribution in [0.2, 0.25) is 0 Å². The van der Waals surface area contributed by atoms with Crippen molar-refractivity contribution < 1.29 is 18.9 Å². The van der Waals surface area contributed by atoms with Crippen LogP contribution in [0.4, 0.5) is 22.7 Å². The third kappa shape index (κ3) is 8.12. The lowest BCUT2D eigenvalue weighted by atomic mass is 9.75. The van der Waals surface area contributed by atoms with Crippen LogP contribution in [0.5, 0.6) is 0 Å². The van der Waals surface area contributed by atoms with Crippen molar-refractivity contribution in [2.75, 3.05) is 125 Å². The van der Waals surface area contributed by atoms with E-state index < -0.39 is 0 Å². The van der Waals surface area contributed by atoms with E-state index in [1.807, 2.05) is 0 Å². The van der Waals surface area contributed by atoms with Crippen molar-refractivity contribution in [2.45, 2.75) is 0 Å². The zero-order chi connectivity index (χ0) is 42.7. The molecule has 4 aliphatic rings. The van der Waals surface area contributed by atoms with E-state index in [0.717, 1.165) is 105 Å². The zero-order valence-corrected chi connectivity index (χ0v) is 36.6. The van der Waals surface area contributed by atoms with Gasteiger partial charge in [-0.15, -0.1) is 0 Å². The van der Waals surface area contributed by atoms with E-state index in [1.165, 1.54) is 89.5 Å². The zero-order valence-electron chi connectivity index (χ0n) is 36.6. The molecule has 0 amide bonds. The number of nitrogens with zero attached hydrogens (tertiary/aromatic N) is 4. The van der Waals surface area contributed by atoms with E-state index in [-0.39, 0.29) is 0 Å². The van der Waals surface area contributed by atoms with Gasteiger partial charge in [0.1, 0.15) is 0 Å². The Bertz CT molecular complexity index is 2280. The first-order chi connectivity index (χ1) is 31.8. The predicted molar refractivity (Wildman–Crippen MR) is 260 cm³/mol. The van der Waals surface area contributed by atoms with E-state index in [4.69, 9.17) is 18.9 Å². The summed E-state index contributed by atoms with van der Waals surface area (Å²) in [6.45, 7) is 13.3. The van der Waals surface area contributed by atoms with Gasteiger partial charge in [-0.1, -0.05) is 24.3 Å². The average Bonchev–Trinajstić information content (AvgIpc) is 3.39. The maximum Gasteiger partial charge on any atom is 0.0809 e. The molecule has 4 fully saturated rings. The molecule has 4 heterocycles. The highest BCUT2D eigenvalue weighted by molar-refractivity contribution is 6.11. The number of ether oxygens (including phenoxy) is 4. The fourth-order valence-corrected chi connectivity index (χ4v) is 10.2. The van der Waals surface area contributed by atoms with Gasteiger partial charge in [0.15, 0.2) is 0 Å². The predicted octanol–water partition coefficient (Wildman–Crippen LogP) is 9.38. The van der Waals surface area contributed by atoms with E-state index in [1.54, 1.807) is 0 Å². The average molecular weight is 849 g/mol. The molecule has 0 bridgehead atoms. The molecular weight excluding hydrogens is 793 g/mol. The van der Waals surface area contributed by atoms with Crippen LogP contribution in [0.1, 0.15) is 33.4 Å². The van der Waals surface area contributed by atoms with Gasteiger partial charge in [-0.3, -0.25) is 0 Å². The molecule has 0 unspecified atom stereocenters. The number of hydrogen-bond donors (Lipinski definition) is 0. The minimum atomic E-state index is 0.758. The fraction of sp³-hybridized carbons (Fsp3) is 0.286. The van der Waals surface area contributed by atoms with Crippen LogP contribution in [0.15, 0.2) is 146 Å². The summed E-state index contributed by atoms with van der Waals surface area (Å²) in [6, 6.07) is 55.2. The smallest absolute Gasteiger partial charge is 0.0809 e. The Morgan fingerprint density at radius 2 is 0.469 bits per heavy atom. The number of fused-ring (bicyclic) bond motifs is 2. The molecule has 0 atom stereocenters. The standard InChI is InChI=1S/C56H56N4O4/c1-2-6-50-49(5-1)55(53(41-9-17-45(18-10-41)57-25-33-61-34-26-57)42-11-19-46(20-12-42)58-27-35-62-36-28-58)51-7-3-4-8-52(51)56(50)54(43-13-21-47(22-14-43)59-29-37-63-38-30-59)44-15-23-48(24-16-44)60-31-39-64-40-32-60/h1-24H,25-40H2/q+2. The lowest BCUT2D eigenvalue weighted by Gasteiger charge is -2.29. The van der Waals surface area contributed by atoms with Crippen LogP contribution in [0.25, 0.3) is 21.5 Å². The fourth-order valence-electron chi connectivity index (χ4n) is 10.2. The largest absolute Gasteiger partial charge is 0.378 e. The Labute approximate surface area is 377 Å². The topological polar surface area (TPSA) is 49.9 Å². The maximum absolute atomic E-state index is 5.71. The molecule has 7 aromatic rings. The minimum Gasteiger partial charge on any atom is -0.378 e. The summed E-state index contributed by atoms with van der Waals surface area (Å²) in [5, 5.41) is 4.92. The Balaban J connectivity index is 1.09. The first-order valence-electron chi connectivity index (χ1n) is 23.2. The second kappa shape index (κ2) is 18.5. The van der Waals surface area contributed by atoms with Gasteiger partial charge in [0.05, 0.1) is 120 Å². The van der Waals surface area contributed by atoms with Crippen LogP contribution in [0.3, 0.4) is 0 Å². The quantitative estimate of drug-likeness (QED) is 0.0768. The highest BCUT2D eigenvalue weighted by Gasteiger charge is 2.35. The molecule has 8 heteroatoms. The van der Waals surface area contributed by atoms with E-state index in [0.29, 0.717) is 0 Å². The Morgan fingerprint density at radius 3 is 0.672 bits per heavy atom. The minimum absolute atomic E-state index is 0.758. The summed E-state index contributed by atoms with van der Waals surface area (Å²) in [7, 11) is 0. The summed E-state index contributed by atoms with van der Waals surface area (Å²) >= 11 is 0. The maximum atomic E-state index is 5.71. The molecule has 0 radical (unpaired) electrons. The van der Waals surface area contributed by atoms with Gasteiger partial charge >= 0.3 is 0 Å². The lowest BCUT2D eigenvalue weighted by Crippen LogP contribution is -2.36. The SMILES string of the molecule is c1ccc2c([C+](c3ccc(N4CCOCC4)cc3)c3ccc(N4CCOCC4)cc3)c3ccccc3c([C+](c3ccc(N4CCOCC4)cc3)c3ccc(N4CCOCC4)cc3)c2c1. The van der Waals surface area contributed by atoms with Crippen LogP contribution in [-0.4, -0.2) is 105 Å². The summed E-state index contributed by atoms with van der Waals surface area (Å²) in [6.07, 6.45) is 0. The molecule has 7 aromatic carbocycles. The molecule has 4 saturated heterocycles. The molecule has 0 spiro atoms. The van der Waals surface area contributed by atoms with Crippen molar-refractivity contribution in [3.63, 3.8) is 0 Å². The Kier molecular flexibility index (Phi) is 11.7. The lowest BCUT2D eigenvalue weighted by molar-refractivity contribution is 0.122. The third-order valence-corrected chi connectivity index (χ3v) is 13.6. The molecule has 64 heavy (non-hydrogen) atoms. The second-order valence-electron chi connectivity index (χ2n) is 17.2. The molecule has 0 N–H and O–H groups in total. The monoisotopic (exact) mass is 848 g/mol. The number of benzene rings is 7. The van der Waals surface area contributed by atoms with Crippen molar-refractivity contribution in [3.05, 3.63) is 191 Å². The van der Waals surface area contributed by atoms with Crippen LogP contribution < -0.4 is 19.6 Å². The summed E-state index contributed by atoms with van der Waals surface area (Å²) in [5.74, 6) is 2.46. The number of morpholine rings is 4. The molecule has 0 aromatic heterocycles. The molecule has 322 valence electrons. The second-order valence-corrected chi connectivity index (χ2v) is 17.2. The molecular formula is C56H56N4O4+2. The van der Waals surface area contributed by atoms with E-state index >= 15 is 0 Å². The number of hydrogen-bond acceptors (Lipinski definition) is 8. The molecule has 11 rings (SSSR count). The normalized spacial score (nSPS) is 17.2. The third-order valence-electron chi connectivity index (χ3n) is 13.6. The van der Waals surface area contributed by atoms with Gasteiger partial charge in [0.25, 0.3) is 0 Å². The van der Waals surface area contributed by atoms with Crippen LogP contribution in [-0.2, 0) is 18.9 Å². The molecule has 8 nitrogen and oxygen atoms in total. The number of rotatable bonds is 10. The van der Waals surface area contributed by atoms with Gasteiger partial charge in [-0.25, -0.2) is 0 Å². The van der Waals surface area contributed by atoms with Crippen LogP contribution >= 0.6 is 0 Å². The highest BCUT2D eigenvalue weighted by Crippen LogP contribution is 2.47. The molecule has 0 saturated carbocycles. The first kappa shape index (κ1) is 40.6. The summed E-state index contributed by atoms with van der Waals surface area (Å²) in [5.41, 5.74) is 12.2. The van der Waals surface area contributed by atoms with Gasteiger partial charge in [-0.2, -0.15) is 0 Å². The van der Waals surface area contributed by atoms with Crippen LogP contribution in [0, 0.1) is 11.8 Å². The van der Waals surface area contributed by atoms with Crippen molar-refractivity contribution in [1.29, 1.82) is 0 Å². The van der Waals surface area contributed by atoms with Crippen molar-refractivity contribution in [2.24, 2.45) is 0 Å². The first-order valence-corrected chi connectivity index (χ1v) is 23.2. The molecule has 0 aliphatic carbocycles. The van der Waals surface area contributed by atoms with Gasteiger partial charge < -0.3 is 38.5 Å². The van der Waals surface area contributed by atoms with E-state index in [2.05, 4.69) is 165 Å². The van der Waals surface area contributed by atoms with E-state index in [9.17, 15) is 0 Å².